The second-order valence-corrected chi connectivity index (χ2v) is 5.15. The molecule has 0 bridgehead atoms. The molecule has 2 aromatic rings. The Balaban J connectivity index is 2.43. The van der Waals surface area contributed by atoms with E-state index in [2.05, 4.69) is 28.3 Å². The van der Waals surface area contributed by atoms with E-state index < -0.39 is 0 Å². The molecule has 0 saturated heterocycles. The molecule has 0 spiro atoms. The SMILES string of the molecule is CCN1CC(C)n2c(Cl)nc3ccc(Cl)c1c32. The average molecular weight is 270 g/mol. The molecule has 1 unspecified atom stereocenters. The molecule has 1 aromatic carbocycles. The van der Waals surface area contributed by atoms with Gasteiger partial charge in [-0.1, -0.05) is 11.6 Å². The van der Waals surface area contributed by atoms with Crippen molar-refractivity contribution in [2.45, 2.75) is 19.9 Å². The van der Waals surface area contributed by atoms with Crippen LogP contribution in [-0.4, -0.2) is 22.6 Å². The number of anilines is 1. The average Bonchev–Trinajstić information content (AvgIpc) is 2.64. The van der Waals surface area contributed by atoms with Crippen LogP contribution in [0.2, 0.25) is 10.3 Å². The van der Waals surface area contributed by atoms with Crippen LogP contribution in [0.15, 0.2) is 12.1 Å². The fourth-order valence-corrected chi connectivity index (χ4v) is 3.21. The van der Waals surface area contributed by atoms with Crippen molar-refractivity contribution in [2.24, 2.45) is 0 Å². The minimum atomic E-state index is 0.318. The number of benzene rings is 1. The number of imidazole rings is 1. The van der Waals surface area contributed by atoms with Gasteiger partial charge in [0, 0.05) is 13.1 Å². The second-order valence-electron chi connectivity index (χ2n) is 4.40. The van der Waals surface area contributed by atoms with Crippen LogP contribution in [0.4, 0.5) is 5.69 Å². The third-order valence-corrected chi connectivity index (χ3v) is 3.93. The molecule has 0 radical (unpaired) electrons. The van der Waals surface area contributed by atoms with Gasteiger partial charge in [0.05, 0.1) is 27.8 Å². The lowest BCUT2D eigenvalue weighted by atomic mass is 10.1. The largest absolute Gasteiger partial charge is 0.367 e. The van der Waals surface area contributed by atoms with Crippen molar-refractivity contribution in [3.05, 3.63) is 22.4 Å². The quantitative estimate of drug-likeness (QED) is 0.787. The smallest absolute Gasteiger partial charge is 0.204 e. The third-order valence-electron chi connectivity index (χ3n) is 3.36. The highest BCUT2D eigenvalue weighted by molar-refractivity contribution is 6.35. The highest BCUT2D eigenvalue weighted by Crippen LogP contribution is 2.41. The summed E-state index contributed by atoms with van der Waals surface area (Å²) in [6.07, 6.45) is 0. The van der Waals surface area contributed by atoms with Crippen LogP contribution < -0.4 is 4.90 Å². The van der Waals surface area contributed by atoms with E-state index in [9.17, 15) is 0 Å². The summed E-state index contributed by atoms with van der Waals surface area (Å²) < 4.78 is 2.07. The zero-order valence-corrected chi connectivity index (χ0v) is 11.3. The summed E-state index contributed by atoms with van der Waals surface area (Å²) in [4.78, 5) is 6.67. The Kier molecular flexibility index (Phi) is 2.49. The molecule has 3 nitrogen and oxygen atoms in total. The van der Waals surface area contributed by atoms with Gasteiger partial charge in [-0.3, -0.25) is 0 Å². The monoisotopic (exact) mass is 269 g/mol. The fourth-order valence-electron chi connectivity index (χ4n) is 2.60. The molecule has 1 atom stereocenters. The summed E-state index contributed by atoms with van der Waals surface area (Å²) >= 11 is 12.5. The lowest BCUT2D eigenvalue weighted by Gasteiger charge is -2.34. The number of rotatable bonds is 1. The van der Waals surface area contributed by atoms with E-state index in [4.69, 9.17) is 23.2 Å². The van der Waals surface area contributed by atoms with E-state index >= 15 is 0 Å². The van der Waals surface area contributed by atoms with E-state index in [-0.39, 0.29) is 0 Å². The van der Waals surface area contributed by atoms with Crippen molar-refractivity contribution in [3.63, 3.8) is 0 Å². The van der Waals surface area contributed by atoms with Crippen molar-refractivity contribution < 1.29 is 0 Å². The van der Waals surface area contributed by atoms with Gasteiger partial charge in [-0.05, 0) is 37.6 Å². The molecule has 5 heteroatoms. The Bertz CT molecular complexity index is 591. The van der Waals surface area contributed by atoms with Crippen LogP contribution >= 0.6 is 23.2 Å². The van der Waals surface area contributed by atoms with Gasteiger partial charge in [-0.25, -0.2) is 4.98 Å². The van der Waals surface area contributed by atoms with Crippen LogP contribution in [0.5, 0.6) is 0 Å². The maximum absolute atomic E-state index is 6.31. The van der Waals surface area contributed by atoms with Gasteiger partial charge < -0.3 is 9.47 Å². The Hall–Kier alpha value is -0.930. The summed E-state index contributed by atoms with van der Waals surface area (Å²) in [5.74, 6) is 0. The summed E-state index contributed by atoms with van der Waals surface area (Å²) in [6, 6.07) is 4.14. The highest BCUT2D eigenvalue weighted by atomic mass is 35.5. The van der Waals surface area contributed by atoms with Crippen LogP contribution in [0.1, 0.15) is 19.9 Å². The first-order valence-corrected chi connectivity index (χ1v) is 6.50. The van der Waals surface area contributed by atoms with E-state index in [1.54, 1.807) is 0 Å². The van der Waals surface area contributed by atoms with Gasteiger partial charge >= 0.3 is 0 Å². The molecule has 0 aliphatic carbocycles. The van der Waals surface area contributed by atoms with Crippen molar-refractivity contribution in [2.75, 3.05) is 18.0 Å². The number of halogens is 2. The van der Waals surface area contributed by atoms with Gasteiger partial charge in [0.25, 0.3) is 0 Å². The summed E-state index contributed by atoms with van der Waals surface area (Å²) in [7, 11) is 0. The lowest BCUT2D eigenvalue weighted by Crippen LogP contribution is -2.34. The first-order chi connectivity index (χ1) is 8.13. The van der Waals surface area contributed by atoms with Crippen LogP contribution in [0.3, 0.4) is 0 Å². The molecule has 0 N–H and O–H groups in total. The van der Waals surface area contributed by atoms with E-state index in [0.29, 0.717) is 11.3 Å². The summed E-state index contributed by atoms with van der Waals surface area (Å²) in [5.41, 5.74) is 3.03. The standard InChI is InChI=1S/C12H13Cl2N3/c1-3-16-6-7(2)17-11-9(15-12(17)14)5-4-8(13)10(11)16/h4-5,7H,3,6H2,1-2H3. The summed E-state index contributed by atoms with van der Waals surface area (Å²) in [6.45, 7) is 6.14. The normalized spacial score (nSPS) is 19.1. The molecule has 1 aromatic heterocycles. The second kappa shape index (κ2) is 3.79. The molecule has 90 valence electrons. The molecule has 17 heavy (non-hydrogen) atoms. The van der Waals surface area contributed by atoms with Crippen molar-refractivity contribution in [1.82, 2.24) is 9.55 Å². The lowest BCUT2D eigenvalue weighted by molar-refractivity contribution is 0.533. The molecule has 0 saturated carbocycles. The first kappa shape index (κ1) is 11.2. The highest BCUT2D eigenvalue weighted by Gasteiger charge is 2.27. The third kappa shape index (κ3) is 1.45. The van der Waals surface area contributed by atoms with E-state index in [0.717, 1.165) is 34.8 Å². The van der Waals surface area contributed by atoms with Gasteiger partial charge in [0.15, 0.2) is 0 Å². The molecule has 0 amide bonds. The van der Waals surface area contributed by atoms with E-state index in [1.807, 2.05) is 12.1 Å². The van der Waals surface area contributed by atoms with Crippen molar-refractivity contribution in [1.29, 1.82) is 0 Å². The van der Waals surface area contributed by atoms with Gasteiger partial charge in [-0.2, -0.15) is 0 Å². The summed E-state index contributed by atoms with van der Waals surface area (Å²) in [5, 5.41) is 1.32. The Morgan fingerprint density at radius 3 is 2.88 bits per heavy atom. The maximum Gasteiger partial charge on any atom is 0.204 e. The van der Waals surface area contributed by atoms with Crippen LogP contribution in [0, 0.1) is 0 Å². The minimum absolute atomic E-state index is 0.318. The molecular formula is C12H13Cl2N3. The Labute approximate surface area is 110 Å². The fraction of sp³-hybridized carbons (Fsp3) is 0.417. The zero-order valence-electron chi connectivity index (χ0n) is 9.74. The molecule has 3 rings (SSSR count). The predicted molar refractivity (Wildman–Crippen MR) is 72.4 cm³/mol. The van der Waals surface area contributed by atoms with E-state index in [1.165, 1.54) is 0 Å². The molecule has 2 heterocycles. The van der Waals surface area contributed by atoms with Crippen LogP contribution in [0.25, 0.3) is 11.0 Å². The molecule has 1 aliphatic heterocycles. The van der Waals surface area contributed by atoms with Crippen LogP contribution in [-0.2, 0) is 0 Å². The number of nitrogens with zero attached hydrogens (tertiary/aromatic N) is 3. The van der Waals surface area contributed by atoms with Gasteiger partial charge in [0.1, 0.15) is 0 Å². The zero-order chi connectivity index (χ0) is 12.2. The molecular weight excluding hydrogens is 257 g/mol. The number of hydrogen-bond donors (Lipinski definition) is 0. The topological polar surface area (TPSA) is 21.1 Å². The number of hydrogen-bond acceptors (Lipinski definition) is 2. The van der Waals surface area contributed by atoms with Gasteiger partial charge in [0.2, 0.25) is 5.28 Å². The minimum Gasteiger partial charge on any atom is -0.367 e. The Morgan fingerprint density at radius 1 is 1.41 bits per heavy atom. The number of aromatic nitrogens is 2. The molecule has 1 aliphatic rings. The van der Waals surface area contributed by atoms with Crippen molar-refractivity contribution in [3.8, 4) is 0 Å². The molecule has 0 fully saturated rings. The predicted octanol–water partition coefficient (Wildman–Crippen LogP) is 3.74. The van der Waals surface area contributed by atoms with Crippen molar-refractivity contribution >= 4 is 39.9 Å². The first-order valence-electron chi connectivity index (χ1n) is 5.74. The Morgan fingerprint density at radius 2 is 2.18 bits per heavy atom. The van der Waals surface area contributed by atoms with Gasteiger partial charge in [-0.15, -0.1) is 0 Å². The maximum atomic E-state index is 6.31. The number of likely N-dealkylation sites (N-methyl/N-ethyl adjacent to an activating group) is 1.